The van der Waals surface area contributed by atoms with Crippen molar-refractivity contribution in [3.05, 3.63) is 22.2 Å². The van der Waals surface area contributed by atoms with E-state index in [1.165, 1.54) is 19.2 Å². The van der Waals surface area contributed by atoms with Gasteiger partial charge in [-0.3, -0.25) is 4.79 Å². The molecule has 1 rings (SSSR count). The molecule has 19 heavy (non-hydrogen) atoms. The Morgan fingerprint density at radius 3 is 2.53 bits per heavy atom. The van der Waals surface area contributed by atoms with Crippen LogP contribution in [-0.2, 0) is 25.0 Å². The Labute approximate surface area is 124 Å². The first-order valence-electron chi connectivity index (χ1n) is 5.26. The minimum Gasteiger partial charge on any atom is -0.492 e. The second-order valence-corrected chi connectivity index (χ2v) is 6.90. The van der Waals surface area contributed by atoms with Gasteiger partial charge in [-0.25, -0.2) is 8.42 Å². The lowest BCUT2D eigenvalue weighted by molar-refractivity contribution is -0.139. The van der Waals surface area contributed by atoms with Gasteiger partial charge in [0.25, 0.3) is 9.05 Å². The van der Waals surface area contributed by atoms with Crippen molar-refractivity contribution in [1.82, 2.24) is 0 Å². The smallest absolute Gasteiger partial charge is 0.310 e. The summed E-state index contributed by atoms with van der Waals surface area (Å²) >= 11 is 3.20. The average Bonchev–Trinajstić information content (AvgIpc) is 2.31. The van der Waals surface area contributed by atoms with Crippen molar-refractivity contribution in [2.24, 2.45) is 0 Å². The number of hydrogen-bond acceptors (Lipinski definition) is 5. The van der Waals surface area contributed by atoms with E-state index in [0.29, 0.717) is 10.0 Å². The maximum absolute atomic E-state index is 11.4. The van der Waals surface area contributed by atoms with E-state index >= 15 is 0 Å². The molecule has 0 aliphatic carbocycles. The number of benzene rings is 1. The summed E-state index contributed by atoms with van der Waals surface area (Å²) in [6.45, 7) is 1.99. The predicted molar refractivity (Wildman–Crippen MR) is 74.1 cm³/mol. The molecule has 0 heterocycles. The number of esters is 1. The maximum atomic E-state index is 11.4. The van der Waals surface area contributed by atoms with Gasteiger partial charge in [-0.05, 0) is 24.6 Å². The standard InChI is InChI=1S/C11H12BrClO5S/c1-3-18-9-4-7(5-11(14)17-2)8(12)6-10(9)19(13,15)16/h4,6H,3,5H2,1-2H3. The van der Waals surface area contributed by atoms with Crippen molar-refractivity contribution in [2.75, 3.05) is 13.7 Å². The molecule has 0 spiro atoms. The lowest BCUT2D eigenvalue weighted by Gasteiger charge is -2.11. The van der Waals surface area contributed by atoms with Gasteiger partial charge in [0, 0.05) is 15.2 Å². The molecule has 106 valence electrons. The van der Waals surface area contributed by atoms with Crippen molar-refractivity contribution in [1.29, 1.82) is 0 Å². The normalized spacial score (nSPS) is 11.2. The third-order valence-corrected chi connectivity index (χ3v) is 4.32. The van der Waals surface area contributed by atoms with E-state index in [9.17, 15) is 13.2 Å². The van der Waals surface area contributed by atoms with Gasteiger partial charge in [0.1, 0.15) is 10.6 Å². The third-order valence-electron chi connectivity index (χ3n) is 2.24. The molecule has 0 saturated heterocycles. The fraction of sp³-hybridized carbons (Fsp3) is 0.364. The highest BCUT2D eigenvalue weighted by Crippen LogP contribution is 2.33. The molecule has 0 aromatic heterocycles. The maximum Gasteiger partial charge on any atom is 0.310 e. The SMILES string of the molecule is CCOc1cc(CC(=O)OC)c(Br)cc1S(=O)(=O)Cl. The quantitative estimate of drug-likeness (QED) is 0.587. The molecule has 0 atom stereocenters. The van der Waals surface area contributed by atoms with E-state index in [0.717, 1.165) is 0 Å². The molecule has 0 aliphatic rings. The molecule has 0 fully saturated rings. The van der Waals surface area contributed by atoms with E-state index in [-0.39, 0.29) is 23.7 Å². The molecule has 8 heteroatoms. The monoisotopic (exact) mass is 370 g/mol. The topological polar surface area (TPSA) is 69.7 Å². The van der Waals surface area contributed by atoms with Crippen molar-refractivity contribution in [2.45, 2.75) is 18.2 Å². The summed E-state index contributed by atoms with van der Waals surface area (Å²) in [5, 5.41) is 0. The van der Waals surface area contributed by atoms with E-state index in [1.54, 1.807) is 6.92 Å². The zero-order valence-electron chi connectivity index (χ0n) is 10.3. The first-order valence-corrected chi connectivity index (χ1v) is 8.36. The van der Waals surface area contributed by atoms with Gasteiger partial charge in [-0.15, -0.1) is 0 Å². The number of hydrogen-bond donors (Lipinski definition) is 0. The van der Waals surface area contributed by atoms with Crippen molar-refractivity contribution in [3.63, 3.8) is 0 Å². The van der Waals surface area contributed by atoms with Crippen molar-refractivity contribution in [3.8, 4) is 5.75 Å². The first-order chi connectivity index (χ1) is 8.79. The largest absolute Gasteiger partial charge is 0.492 e. The van der Waals surface area contributed by atoms with E-state index < -0.39 is 15.0 Å². The zero-order valence-corrected chi connectivity index (χ0v) is 13.4. The van der Waals surface area contributed by atoms with Crippen LogP contribution in [0.1, 0.15) is 12.5 Å². The van der Waals surface area contributed by atoms with Gasteiger partial charge in [0.2, 0.25) is 0 Å². The first kappa shape index (κ1) is 16.3. The van der Waals surface area contributed by atoms with E-state index in [4.69, 9.17) is 15.4 Å². The van der Waals surface area contributed by atoms with Crippen LogP contribution in [0, 0.1) is 0 Å². The molecule has 1 aromatic carbocycles. The molecule has 0 bridgehead atoms. The van der Waals surface area contributed by atoms with Crippen LogP contribution in [0.3, 0.4) is 0 Å². The number of carbonyl (C=O) groups excluding carboxylic acids is 1. The van der Waals surface area contributed by atoms with Crippen LogP contribution in [0.5, 0.6) is 5.75 Å². The highest BCUT2D eigenvalue weighted by Gasteiger charge is 2.20. The molecule has 5 nitrogen and oxygen atoms in total. The van der Waals surface area contributed by atoms with Gasteiger partial charge in [0.15, 0.2) is 0 Å². The second-order valence-electron chi connectivity index (χ2n) is 3.51. The van der Waals surface area contributed by atoms with Crippen LogP contribution in [0.25, 0.3) is 0 Å². The lowest BCUT2D eigenvalue weighted by Crippen LogP contribution is -2.07. The van der Waals surface area contributed by atoms with Gasteiger partial charge in [-0.1, -0.05) is 15.9 Å². The minimum atomic E-state index is -3.93. The fourth-order valence-electron chi connectivity index (χ4n) is 1.40. The predicted octanol–water partition coefficient (Wildman–Crippen LogP) is 2.49. The van der Waals surface area contributed by atoms with E-state index in [2.05, 4.69) is 20.7 Å². The van der Waals surface area contributed by atoms with E-state index in [1.807, 2.05) is 0 Å². The summed E-state index contributed by atoms with van der Waals surface area (Å²) < 4.78 is 33.1. The molecule has 0 N–H and O–H groups in total. The number of halogens is 2. The molecule has 0 aliphatic heterocycles. The van der Waals surface area contributed by atoms with Crippen LogP contribution in [0.15, 0.2) is 21.5 Å². The molecule has 0 radical (unpaired) electrons. The van der Waals surface area contributed by atoms with Crippen LogP contribution in [0.2, 0.25) is 0 Å². The summed E-state index contributed by atoms with van der Waals surface area (Å²) in [5.41, 5.74) is 0.555. The Balaban J connectivity index is 3.32. The Hall–Kier alpha value is -0.790. The molecule has 0 amide bonds. The molecule has 1 aromatic rings. The third kappa shape index (κ3) is 4.36. The molecule has 0 unspecified atom stereocenters. The molecular weight excluding hydrogens is 360 g/mol. The van der Waals surface area contributed by atoms with Gasteiger partial charge in [0.05, 0.1) is 20.1 Å². The Kier molecular flexibility index (Phi) is 5.64. The van der Waals surface area contributed by atoms with Crippen LogP contribution in [-0.4, -0.2) is 28.1 Å². The summed E-state index contributed by atoms with van der Waals surface area (Å²) in [6, 6.07) is 2.77. The highest BCUT2D eigenvalue weighted by atomic mass is 79.9. The lowest BCUT2D eigenvalue weighted by atomic mass is 10.1. The number of rotatable bonds is 5. The summed E-state index contributed by atoms with van der Waals surface area (Å²) in [6.07, 6.45) is -0.000227. The van der Waals surface area contributed by atoms with Gasteiger partial charge >= 0.3 is 5.97 Å². The Morgan fingerprint density at radius 1 is 1.42 bits per heavy atom. The Morgan fingerprint density at radius 2 is 2.05 bits per heavy atom. The number of methoxy groups -OCH3 is 1. The van der Waals surface area contributed by atoms with Gasteiger partial charge in [-0.2, -0.15) is 0 Å². The van der Waals surface area contributed by atoms with Crippen LogP contribution < -0.4 is 4.74 Å². The number of carbonyl (C=O) groups is 1. The Bertz CT molecular complexity index is 585. The summed E-state index contributed by atoms with van der Waals surface area (Å²) in [5.74, 6) is -0.329. The summed E-state index contributed by atoms with van der Waals surface area (Å²) in [4.78, 5) is 11.1. The van der Waals surface area contributed by atoms with Crippen LogP contribution >= 0.6 is 26.6 Å². The average molecular weight is 372 g/mol. The van der Waals surface area contributed by atoms with Crippen molar-refractivity contribution < 1.29 is 22.7 Å². The molecular formula is C11H12BrClO5S. The van der Waals surface area contributed by atoms with Gasteiger partial charge < -0.3 is 9.47 Å². The van der Waals surface area contributed by atoms with Crippen molar-refractivity contribution >= 4 is 41.6 Å². The fourth-order valence-corrected chi connectivity index (χ4v) is 3.01. The second kappa shape index (κ2) is 6.58. The molecule has 0 saturated carbocycles. The number of ether oxygens (including phenoxy) is 2. The minimum absolute atomic E-state index is 0.000227. The summed E-state index contributed by atoms with van der Waals surface area (Å²) in [7, 11) is 2.68. The van der Waals surface area contributed by atoms with Crippen LogP contribution in [0.4, 0.5) is 0 Å². The zero-order chi connectivity index (χ0) is 14.6. The highest BCUT2D eigenvalue weighted by molar-refractivity contribution is 9.10.